The Morgan fingerprint density at radius 1 is 1.00 bits per heavy atom. The number of hydrogen-bond acceptors (Lipinski definition) is 2. The van der Waals surface area contributed by atoms with Crippen LogP contribution in [0.5, 0.6) is 0 Å². The van der Waals surface area contributed by atoms with E-state index >= 15 is 0 Å². The summed E-state index contributed by atoms with van der Waals surface area (Å²) in [5, 5.41) is 3.83. The predicted octanol–water partition coefficient (Wildman–Crippen LogP) is 3.97. The molecule has 0 aliphatic rings. The second-order valence-electron chi connectivity index (χ2n) is 3.73. The summed E-state index contributed by atoms with van der Waals surface area (Å²) in [7, 11) is 0. The van der Waals surface area contributed by atoms with E-state index in [2.05, 4.69) is 24.4 Å². The van der Waals surface area contributed by atoms with Gasteiger partial charge in [-0.15, -0.1) is 0 Å². The van der Waals surface area contributed by atoms with E-state index in [9.17, 15) is 0 Å². The molecule has 0 unspecified atom stereocenters. The number of anilines is 3. The molecule has 0 amide bonds. The molecule has 2 rings (SSSR count). The Morgan fingerprint density at radius 2 is 1.62 bits per heavy atom. The Hall–Kier alpha value is -1.67. The average molecular weight is 233 g/mol. The van der Waals surface area contributed by atoms with E-state index in [1.807, 2.05) is 24.3 Å². The molecule has 3 N–H and O–H groups in total. The zero-order chi connectivity index (χ0) is 11.5. The van der Waals surface area contributed by atoms with Crippen molar-refractivity contribution in [3.8, 4) is 0 Å². The van der Waals surface area contributed by atoms with E-state index < -0.39 is 0 Å². The number of nitrogens with two attached hydrogens (primary N) is 1. The molecule has 2 nitrogen and oxygen atoms in total. The van der Waals surface area contributed by atoms with Crippen LogP contribution in [-0.4, -0.2) is 0 Å². The first-order chi connectivity index (χ1) is 7.65. The van der Waals surface area contributed by atoms with Gasteiger partial charge in [-0.25, -0.2) is 0 Å². The summed E-state index contributed by atoms with van der Waals surface area (Å²) in [5.41, 5.74) is 9.44. The fourth-order valence-corrected chi connectivity index (χ4v) is 1.59. The number of hydrogen-bond donors (Lipinski definition) is 2. The number of rotatable bonds is 2. The van der Waals surface area contributed by atoms with Crippen molar-refractivity contribution in [1.29, 1.82) is 0 Å². The van der Waals surface area contributed by atoms with Crippen molar-refractivity contribution in [2.75, 3.05) is 11.1 Å². The van der Waals surface area contributed by atoms with Gasteiger partial charge in [0.15, 0.2) is 0 Å². The highest BCUT2D eigenvalue weighted by Crippen LogP contribution is 2.25. The van der Waals surface area contributed by atoms with Gasteiger partial charge in [0.1, 0.15) is 0 Å². The topological polar surface area (TPSA) is 38.0 Å². The van der Waals surface area contributed by atoms with Crippen molar-refractivity contribution in [2.45, 2.75) is 6.92 Å². The normalized spacial score (nSPS) is 10.1. The van der Waals surface area contributed by atoms with Crippen LogP contribution in [0.4, 0.5) is 17.1 Å². The number of benzene rings is 2. The minimum atomic E-state index is 0.567. The van der Waals surface area contributed by atoms with Gasteiger partial charge in [-0.2, -0.15) is 0 Å². The molecule has 0 aromatic heterocycles. The minimum absolute atomic E-state index is 0.567. The minimum Gasteiger partial charge on any atom is -0.398 e. The number of aryl methyl sites for hydroxylation is 1. The molecule has 0 fully saturated rings. The molecule has 0 aliphatic heterocycles. The third kappa shape index (κ3) is 2.47. The van der Waals surface area contributed by atoms with Crippen molar-refractivity contribution in [2.24, 2.45) is 0 Å². The van der Waals surface area contributed by atoms with Crippen LogP contribution in [0.3, 0.4) is 0 Å². The third-order valence-electron chi connectivity index (χ3n) is 2.34. The van der Waals surface area contributed by atoms with Gasteiger partial charge < -0.3 is 11.1 Å². The van der Waals surface area contributed by atoms with Gasteiger partial charge in [0.05, 0.1) is 10.7 Å². The molecule has 16 heavy (non-hydrogen) atoms. The molecular weight excluding hydrogens is 220 g/mol. The van der Waals surface area contributed by atoms with E-state index in [0.29, 0.717) is 10.7 Å². The zero-order valence-electron chi connectivity index (χ0n) is 9.00. The van der Waals surface area contributed by atoms with Crippen molar-refractivity contribution < 1.29 is 0 Å². The summed E-state index contributed by atoms with van der Waals surface area (Å²) in [6.07, 6.45) is 0. The van der Waals surface area contributed by atoms with Gasteiger partial charge in [0.2, 0.25) is 0 Å². The summed E-state index contributed by atoms with van der Waals surface area (Å²) < 4.78 is 0. The maximum atomic E-state index is 5.94. The fraction of sp³-hybridized carbons (Fsp3) is 0.0769. The Labute approximate surface area is 100 Å². The first kappa shape index (κ1) is 10.8. The van der Waals surface area contributed by atoms with E-state index in [1.165, 1.54) is 5.56 Å². The van der Waals surface area contributed by atoms with Crippen molar-refractivity contribution >= 4 is 28.7 Å². The van der Waals surface area contributed by atoms with Crippen LogP contribution >= 0.6 is 11.6 Å². The van der Waals surface area contributed by atoms with Gasteiger partial charge in [0, 0.05) is 11.4 Å². The molecule has 0 atom stereocenters. The van der Waals surface area contributed by atoms with Gasteiger partial charge in [-0.1, -0.05) is 29.3 Å². The number of nitrogens with one attached hydrogen (secondary N) is 1. The summed E-state index contributed by atoms with van der Waals surface area (Å²) in [6, 6.07) is 13.7. The van der Waals surface area contributed by atoms with Crippen LogP contribution in [0.1, 0.15) is 5.56 Å². The molecule has 3 heteroatoms. The molecular formula is C13H13ClN2. The summed E-state index contributed by atoms with van der Waals surface area (Å²) in [4.78, 5) is 0. The standard InChI is InChI=1S/C13H13ClN2/c1-9-2-4-10(5-3-9)16-11-6-7-13(15)12(14)8-11/h2-8,16H,15H2,1H3. The van der Waals surface area contributed by atoms with Gasteiger partial charge in [-0.3, -0.25) is 0 Å². The SMILES string of the molecule is Cc1ccc(Nc2ccc(N)c(Cl)c2)cc1. The molecule has 2 aromatic rings. The van der Waals surface area contributed by atoms with Crippen LogP contribution in [-0.2, 0) is 0 Å². The van der Waals surface area contributed by atoms with Crippen molar-refractivity contribution in [1.82, 2.24) is 0 Å². The summed E-state index contributed by atoms with van der Waals surface area (Å²) in [6.45, 7) is 2.06. The smallest absolute Gasteiger partial charge is 0.0656 e. The number of halogens is 1. The Morgan fingerprint density at radius 3 is 2.25 bits per heavy atom. The Kier molecular flexibility index (Phi) is 3.02. The lowest BCUT2D eigenvalue weighted by Crippen LogP contribution is -1.92. The molecule has 0 saturated carbocycles. The van der Waals surface area contributed by atoms with Crippen LogP contribution < -0.4 is 11.1 Å². The molecule has 82 valence electrons. The quantitative estimate of drug-likeness (QED) is 0.769. The largest absolute Gasteiger partial charge is 0.398 e. The van der Waals surface area contributed by atoms with Gasteiger partial charge >= 0.3 is 0 Å². The third-order valence-corrected chi connectivity index (χ3v) is 2.67. The first-order valence-electron chi connectivity index (χ1n) is 5.04. The van der Waals surface area contributed by atoms with Gasteiger partial charge in [0.25, 0.3) is 0 Å². The zero-order valence-corrected chi connectivity index (χ0v) is 9.75. The predicted molar refractivity (Wildman–Crippen MR) is 70.3 cm³/mol. The lowest BCUT2D eigenvalue weighted by Gasteiger charge is -2.08. The van der Waals surface area contributed by atoms with E-state index in [4.69, 9.17) is 17.3 Å². The highest BCUT2D eigenvalue weighted by atomic mass is 35.5. The summed E-state index contributed by atoms with van der Waals surface area (Å²) in [5.74, 6) is 0. The average Bonchev–Trinajstić information content (AvgIpc) is 2.27. The molecule has 2 aromatic carbocycles. The Bertz CT molecular complexity index is 492. The Balaban J connectivity index is 2.20. The molecule has 0 radical (unpaired) electrons. The second kappa shape index (κ2) is 4.45. The number of nitrogen functional groups attached to an aromatic ring is 1. The van der Waals surface area contributed by atoms with E-state index in [-0.39, 0.29) is 0 Å². The van der Waals surface area contributed by atoms with Gasteiger partial charge in [-0.05, 0) is 37.3 Å². The lowest BCUT2D eigenvalue weighted by atomic mass is 10.2. The second-order valence-corrected chi connectivity index (χ2v) is 4.13. The highest BCUT2D eigenvalue weighted by Gasteiger charge is 1.98. The highest BCUT2D eigenvalue weighted by molar-refractivity contribution is 6.33. The van der Waals surface area contributed by atoms with Crippen LogP contribution in [0.2, 0.25) is 5.02 Å². The van der Waals surface area contributed by atoms with E-state index in [0.717, 1.165) is 11.4 Å². The summed E-state index contributed by atoms with van der Waals surface area (Å²) >= 11 is 5.94. The van der Waals surface area contributed by atoms with Crippen LogP contribution in [0.15, 0.2) is 42.5 Å². The maximum Gasteiger partial charge on any atom is 0.0656 e. The van der Waals surface area contributed by atoms with Crippen LogP contribution in [0.25, 0.3) is 0 Å². The first-order valence-corrected chi connectivity index (χ1v) is 5.42. The lowest BCUT2D eigenvalue weighted by molar-refractivity contribution is 1.45. The van der Waals surface area contributed by atoms with E-state index in [1.54, 1.807) is 6.07 Å². The molecule has 0 aliphatic carbocycles. The van der Waals surface area contributed by atoms with Crippen molar-refractivity contribution in [3.05, 3.63) is 53.1 Å². The molecule has 0 saturated heterocycles. The van der Waals surface area contributed by atoms with Crippen LogP contribution in [0, 0.1) is 6.92 Å². The molecule has 0 spiro atoms. The maximum absolute atomic E-state index is 5.94. The van der Waals surface area contributed by atoms with Crippen molar-refractivity contribution in [3.63, 3.8) is 0 Å². The fourth-order valence-electron chi connectivity index (χ4n) is 1.41. The molecule has 0 bridgehead atoms. The molecule has 0 heterocycles. The monoisotopic (exact) mass is 232 g/mol.